The molecular formula is C25H30N9NaO4S. The van der Waals surface area contributed by atoms with Gasteiger partial charge in [0.1, 0.15) is 17.3 Å². The third-order valence-electron chi connectivity index (χ3n) is 5.54. The third kappa shape index (κ3) is 8.64. The fraction of sp³-hybridized carbons (Fsp3) is 0.400. The van der Waals surface area contributed by atoms with E-state index in [1.54, 1.807) is 36.7 Å². The van der Waals surface area contributed by atoms with E-state index in [-0.39, 0.29) is 59.2 Å². The molecule has 1 N–H and O–H groups in total. The maximum absolute atomic E-state index is 12.0. The molecule has 0 saturated heterocycles. The van der Waals surface area contributed by atoms with Gasteiger partial charge < -0.3 is 14.8 Å². The standard InChI is InChI=1S/C25H31N9O4S.Na/c1-6-33(13-8-14-39(36,37)38)18-9-10-20(21(15-18)29-17(2)35)30-31-23-19(16-26)22(25(3,4)5)32-34(23)24-27-11-7-12-28-24;/h7,9-12,15H,6,8,13-14H2,1-5H3,(H,29,35)(H,36,37,38);/q;+1/p-1. The maximum Gasteiger partial charge on any atom is 1.00 e. The summed E-state index contributed by atoms with van der Waals surface area (Å²) in [5.41, 5.74) is 1.61. The first-order valence-electron chi connectivity index (χ1n) is 12.2. The number of benzene rings is 1. The summed E-state index contributed by atoms with van der Waals surface area (Å²) in [6, 6.07) is 8.91. The zero-order chi connectivity index (χ0) is 28.8. The number of hydrogen-bond acceptors (Lipinski definition) is 11. The molecule has 2 heterocycles. The SMILES string of the molecule is CCN(CCCS(=O)(=O)[O-])c1ccc(N=Nc2c(C#N)c(C(C)(C)C)nn2-c2ncccn2)c(NC(C)=O)c1.[Na+]. The first-order chi connectivity index (χ1) is 18.3. The summed E-state index contributed by atoms with van der Waals surface area (Å²) in [5, 5.41) is 26.0. The number of nitrogens with one attached hydrogen (secondary N) is 1. The van der Waals surface area contributed by atoms with Crippen LogP contribution in [0.3, 0.4) is 0 Å². The van der Waals surface area contributed by atoms with Crippen molar-refractivity contribution in [2.24, 2.45) is 10.2 Å². The number of azo groups is 1. The van der Waals surface area contributed by atoms with Crippen molar-refractivity contribution in [1.29, 1.82) is 5.26 Å². The Labute approximate surface area is 255 Å². The van der Waals surface area contributed by atoms with Gasteiger partial charge in [0, 0.05) is 49.3 Å². The summed E-state index contributed by atoms with van der Waals surface area (Å²) < 4.78 is 34.3. The van der Waals surface area contributed by atoms with E-state index in [2.05, 4.69) is 36.7 Å². The molecule has 2 aromatic heterocycles. The van der Waals surface area contributed by atoms with Crippen LogP contribution in [0, 0.1) is 11.3 Å². The van der Waals surface area contributed by atoms with Crippen molar-refractivity contribution in [1.82, 2.24) is 19.7 Å². The van der Waals surface area contributed by atoms with Crippen LogP contribution in [0.4, 0.5) is 22.9 Å². The van der Waals surface area contributed by atoms with Crippen molar-refractivity contribution < 1.29 is 47.3 Å². The van der Waals surface area contributed by atoms with Crippen molar-refractivity contribution in [2.45, 2.75) is 46.5 Å². The Kier molecular flexibility index (Phi) is 11.5. The van der Waals surface area contributed by atoms with E-state index in [9.17, 15) is 23.0 Å². The van der Waals surface area contributed by atoms with Crippen molar-refractivity contribution in [3.8, 4) is 12.0 Å². The molecule has 15 heteroatoms. The third-order valence-corrected chi connectivity index (χ3v) is 6.33. The van der Waals surface area contributed by atoms with Gasteiger partial charge in [0.25, 0.3) is 5.95 Å². The fourth-order valence-corrected chi connectivity index (χ4v) is 4.25. The van der Waals surface area contributed by atoms with Gasteiger partial charge in [-0.1, -0.05) is 20.8 Å². The average Bonchev–Trinajstić information content (AvgIpc) is 3.24. The number of aromatic nitrogens is 4. The van der Waals surface area contributed by atoms with Crippen LogP contribution in [0.25, 0.3) is 5.95 Å². The van der Waals surface area contributed by atoms with Crippen molar-refractivity contribution in [3.63, 3.8) is 0 Å². The van der Waals surface area contributed by atoms with Crippen molar-refractivity contribution >= 4 is 38.9 Å². The van der Waals surface area contributed by atoms with Gasteiger partial charge in [-0.15, -0.1) is 10.2 Å². The Hall–Kier alpha value is -3.22. The number of carbonyl (C=O) groups is 1. The molecule has 0 aliphatic carbocycles. The number of nitriles is 1. The second-order valence-corrected chi connectivity index (χ2v) is 11.2. The number of rotatable bonds is 10. The van der Waals surface area contributed by atoms with Gasteiger partial charge in [-0.2, -0.15) is 15.0 Å². The summed E-state index contributed by atoms with van der Waals surface area (Å²) >= 11 is 0. The van der Waals surface area contributed by atoms with Crippen LogP contribution in [-0.2, 0) is 20.3 Å². The van der Waals surface area contributed by atoms with Gasteiger partial charge in [0.05, 0.1) is 21.5 Å². The molecule has 0 aliphatic heterocycles. The summed E-state index contributed by atoms with van der Waals surface area (Å²) in [4.78, 5) is 22.3. The molecule has 206 valence electrons. The van der Waals surface area contributed by atoms with Crippen LogP contribution in [0.5, 0.6) is 0 Å². The van der Waals surface area contributed by atoms with Crippen LogP contribution >= 0.6 is 0 Å². The molecule has 0 bridgehead atoms. The number of carbonyl (C=O) groups excluding carboxylic acids is 1. The molecule has 1 aromatic carbocycles. The van der Waals surface area contributed by atoms with Crippen LogP contribution in [-0.4, -0.2) is 57.5 Å². The number of hydrogen-bond donors (Lipinski definition) is 1. The molecule has 0 aliphatic rings. The number of nitrogens with zero attached hydrogens (tertiary/aromatic N) is 8. The Morgan fingerprint density at radius 1 is 1.23 bits per heavy atom. The van der Waals surface area contributed by atoms with E-state index >= 15 is 0 Å². The minimum atomic E-state index is -4.31. The van der Waals surface area contributed by atoms with E-state index in [1.165, 1.54) is 11.6 Å². The Bertz CT molecular complexity index is 1510. The molecule has 0 radical (unpaired) electrons. The summed E-state index contributed by atoms with van der Waals surface area (Å²) in [6.45, 7) is 9.88. The van der Waals surface area contributed by atoms with Gasteiger partial charge in [0.2, 0.25) is 5.91 Å². The molecule has 0 fully saturated rings. The van der Waals surface area contributed by atoms with E-state index in [1.807, 2.05) is 32.6 Å². The monoisotopic (exact) mass is 575 g/mol. The second kappa shape index (κ2) is 13.9. The van der Waals surface area contributed by atoms with E-state index in [4.69, 9.17) is 0 Å². The van der Waals surface area contributed by atoms with E-state index in [0.717, 1.165) is 0 Å². The largest absolute Gasteiger partial charge is 1.00 e. The minimum Gasteiger partial charge on any atom is -0.748 e. The molecule has 0 saturated carbocycles. The van der Waals surface area contributed by atoms with Crippen LogP contribution < -0.4 is 39.8 Å². The van der Waals surface area contributed by atoms with Crippen LogP contribution in [0.1, 0.15) is 52.3 Å². The molecule has 40 heavy (non-hydrogen) atoms. The van der Waals surface area contributed by atoms with Crippen molar-refractivity contribution in [3.05, 3.63) is 47.9 Å². The summed E-state index contributed by atoms with van der Waals surface area (Å²) in [5.74, 6) is -0.445. The second-order valence-electron chi connectivity index (χ2n) is 9.65. The number of anilines is 2. The van der Waals surface area contributed by atoms with E-state index in [0.29, 0.717) is 35.8 Å². The maximum atomic E-state index is 12.0. The Morgan fingerprint density at radius 2 is 1.90 bits per heavy atom. The van der Waals surface area contributed by atoms with Crippen molar-refractivity contribution in [2.75, 3.05) is 29.1 Å². The molecular weight excluding hydrogens is 545 g/mol. The molecule has 0 spiro atoms. The summed E-state index contributed by atoms with van der Waals surface area (Å²) in [7, 11) is -4.31. The first-order valence-corrected chi connectivity index (χ1v) is 13.7. The molecule has 0 atom stereocenters. The smallest absolute Gasteiger partial charge is 0.748 e. The minimum absolute atomic E-state index is 0. The zero-order valence-electron chi connectivity index (χ0n) is 23.4. The van der Waals surface area contributed by atoms with Gasteiger partial charge in [-0.05, 0) is 37.6 Å². The predicted octanol–water partition coefficient (Wildman–Crippen LogP) is 0.971. The van der Waals surface area contributed by atoms with Crippen LogP contribution in [0.2, 0.25) is 0 Å². The topological polar surface area (TPSA) is 182 Å². The van der Waals surface area contributed by atoms with Gasteiger partial charge in [-0.25, -0.2) is 18.4 Å². The van der Waals surface area contributed by atoms with Gasteiger partial charge >= 0.3 is 29.6 Å². The molecule has 0 unspecified atom stereocenters. The molecule has 3 aromatic rings. The Morgan fingerprint density at radius 3 is 2.45 bits per heavy atom. The predicted molar refractivity (Wildman–Crippen MR) is 145 cm³/mol. The average molecular weight is 576 g/mol. The Balaban J connectivity index is 0.00000560. The first kappa shape index (κ1) is 33.0. The zero-order valence-corrected chi connectivity index (χ0v) is 26.2. The van der Waals surface area contributed by atoms with E-state index < -0.39 is 21.3 Å². The van der Waals surface area contributed by atoms with Gasteiger partial charge in [0.15, 0.2) is 5.82 Å². The number of amides is 1. The van der Waals surface area contributed by atoms with Crippen LogP contribution in [0.15, 0.2) is 46.9 Å². The summed E-state index contributed by atoms with van der Waals surface area (Å²) in [6.07, 6.45) is 3.26. The molecule has 3 rings (SSSR count). The quantitative estimate of drug-likeness (QED) is 0.209. The van der Waals surface area contributed by atoms with Gasteiger partial charge in [-0.3, -0.25) is 4.79 Å². The molecule has 13 nitrogen and oxygen atoms in total. The fourth-order valence-electron chi connectivity index (χ4n) is 3.77. The normalized spacial score (nSPS) is 11.6. The molecule has 1 amide bonds.